The Morgan fingerprint density at radius 1 is 1.59 bits per heavy atom. The number of carbonyl (C=O) groups excluding carboxylic acids is 1. The zero-order valence-corrected chi connectivity index (χ0v) is 10.4. The molecule has 0 N–H and O–H groups in total. The quantitative estimate of drug-likeness (QED) is 0.737. The summed E-state index contributed by atoms with van der Waals surface area (Å²) >= 11 is 0. The van der Waals surface area contributed by atoms with Crippen molar-refractivity contribution in [3.05, 3.63) is 23.8 Å². The molecule has 0 saturated carbocycles. The fourth-order valence-electron chi connectivity index (χ4n) is 1.98. The molecule has 0 aromatic carbocycles. The number of rotatable bonds is 4. The topological polar surface area (TPSA) is 51.0 Å². The summed E-state index contributed by atoms with van der Waals surface area (Å²) in [5.74, 6) is 0.961. The molecule has 0 radical (unpaired) electrons. The van der Waals surface area contributed by atoms with Crippen LogP contribution in [0.1, 0.15) is 31.5 Å². The lowest BCUT2D eigenvalue weighted by Crippen LogP contribution is -2.27. The molecule has 1 aliphatic rings. The van der Waals surface area contributed by atoms with E-state index in [2.05, 4.69) is 16.3 Å². The summed E-state index contributed by atoms with van der Waals surface area (Å²) < 4.78 is 1.83. The molecule has 5 nitrogen and oxygen atoms in total. The van der Waals surface area contributed by atoms with Gasteiger partial charge in [-0.05, 0) is 19.3 Å². The van der Waals surface area contributed by atoms with Crippen molar-refractivity contribution >= 4 is 5.91 Å². The van der Waals surface area contributed by atoms with Gasteiger partial charge < -0.3 is 9.47 Å². The number of aryl methyl sites for hydroxylation is 1. The van der Waals surface area contributed by atoms with E-state index in [-0.39, 0.29) is 5.91 Å². The Labute approximate surface area is 101 Å². The van der Waals surface area contributed by atoms with Gasteiger partial charge in [-0.1, -0.05) is 11.6 Å². The first-order valence-electron chi connectivity index (χ1n) is 5.91. The van der Waals surface area contributed by atoms with Crippen LogP contribution in [-0.4, -0.2) is 32.6 Å². The second-order valence-corrected chi connectivity index (χ2v) is 4.54. The van der Waals surface area contributed by atoms with Gasteiger partial charge in [0, 0.05) is 20.5 Å². The highest BCUT2D eigenvalue weighted by Gasteiger charge is 2.15. The number of nitrogens with zero attached hydrogens (tertiary/aromatic N) is 4. The van der Waals surface area contributed by atoms with Gasteiger partial charge in [0.05, 0.1) is 6.54 Å². The fraction of sp³-hybridized carbons (Fsp3) is 0.583. The summed E-state index contributed by atoms with van der Waals surface area (Å²) in [4.78, 5) is 13.7. The van der Waals surface area contributed by atoms with Gasteiger partial charge in [0.15, 0.2) is 5.82 Å². The standard InChI is InChI=1S/C12H18N4O/c1-15(8-11-14-13-9-16(11)2)12(17)7-10-5-3-4-6-10/h5,9H,3-4,6-8H2,1-2H3. The van der Waals surface area contributed by atoms with Gasteiger partial charge >= 0.3 is 0 Å². The maximum Gasteiger partial charge on any atom is 0.226 e. The van der Waals surface area contributed by atoms with Crippen molar-refractivity contribution in [3.63, 3.8) is 0 Å². The zero-order valence-electron chi connectivity index (χ0n) is 10.4. The Hall–Kier alpha value is -1.65. The van der Waals surface area contributed by atoms with E-state index in [1.54, 1.807) is 11.2 Å². The molecule has 17 heavy (non-hydrogen) atoms. The third-order valence-electron chi connectivity index (χ3n) is 3.12. The van der Waals surface area contributed by atoms with E-state index in [1.165, 1.54) is 12.0 Å². The fourth-order valence-corrected chi connectivity index (χ4v) is 1.98. The van der Waals surface area contributed by atoms with Gasteiger partial charge in [0.25, 0.3) is 0 Å². The molecule has 0 unspecified atom stereocenters. The minimum atomic E-state index is 0.154. The van der Waals surface area contributed by atoms with Crippen LogP contribution in [0.4, 0.5) is 0 Å². The normalized spacial score (nSPS) is 14.8. The van der Waals surface area contributed by atoms with Crippen molar-refractivity contribution in [1.82, 2.24) is 19.7 Å². The van der Waals surface area contributed by atoms with Gasteiger partial charge in [-0.15, -0.1) is 10.2 Å². The molecule has 0 aliphatic heterocycles. The second kappa shape index (κ2) is 5.12. The van der Waals surface area contributed by atoms with Crippen LogP contribution in [0, 0.1) is 0 Å². The van der Waals surface area contributed by atoms with Crippen LogP contribution < -0.4 is 0 Å². The molecule has 5 heteroatoms. The van der Waals surface area contributed by atoms with Crippen LogP contribution in [0.25, 0.3) is 0 Å². The summed E-state index contributed by atoms with van der Waals surface area (Å²) in [5, 5.41) is 7.78. The van der Waals surface area contributed by atoms with Crippen molar-refractivity contribution in [2.24, 2.45) is 7.05 Å². The van der Waals surface area contributed by atoms with E-state index < -0.39 is 0 Å². The first kappa shape index (κ1) is 11.8. The monoisotopic (exact) mass is 234 g/mol. The molecule has 1 heterocycles. The van der Waals surface area contributed by atoms with Crippen LogP contribution in [-0.2, 0) is 18.4 Å². The second-order valence-electron chi connectivity index (χ2n) is 4.54. The number of amides is 1. The third kappa shape index (κ3) is 2.93. The molecule has 1 amide bonds. The van der Waals surface area contributed by atoms with E-state index >= 15 is 0 Å². The highest BCUT2D eigenvalue weighted by molar-refractivity contribution is 5.78. The number of allylic oxidation sites excluding steroid dienone is 1. The molecule has 0 bridgehead atoms. The average Bonchev–Trinajstić information content (AvgIpc) is 2.91. The number of carbonyl (C=O) groups is 1. The predicted octanol–water partition coefficient (Wildman–Crippen LogP) is 1.27. The minimum absolute atomic E-state index is 0.154. The van der Waals surface area contributed by atoms with Crippen molar-refractivity contribution in [1.29, 1.82) is 0 Å². The van der Waals surface area contributed by atoms with Gasteiger partial charge in [-0.3, -0.25) is 4.79 Å². The molecule has 1 aromatic heterocycles. The first-order chi connectivity index (χ1) is 8.16. The Bertz CT molecular complexity index is 435. The van der Waals surface area contributed by atoms with Gasteiger partial charge in [-0.25, -0.2) is 0 Å². The molecule has 0 atom stereocenters. The number of aromatic nitrogens is 3. The maximum absolute atomic E-state index is 12.0. The lowest BCUT2D eigenvalue weighted by molar-refractivity contribution is -0.129. The summed E-state index contributed by atoms with van der Waals surface area (Å²) in [6, 6.07) is 0. The minimum Gasteiger partial charge on any atom is -0.338 e. The van der Waals surface area contributed by atoms with Crippen molar-refractivity contribution < 1.29 is 4.79 Å². The van der Waals surface area contributed by atoms with Crippen molar-refractivity contribution in [2.45, 2.75) is 32.2 Å². The molecule has 0 spiro atoms. The van der Waals surface area contributed by atoms with E-state index in [1.807, 2.05) is 18.7 Å². The molecule has 2 rings (SSSR count). The van der Waals surface area contributed by atoms with E-state index in [9.17, 15) is 4.79 Å². The lowest BCUT2D eigenvalue weighted by Gasteiger charge is -2.16. The predicted molar refractivity (Wildman–Crippen MR) is 64.0 cm³/mol. The van der Waals surface area contributed by atoms with Crippen LogP contribution in [0.3, 0.4) is 0 Å². The summed E-state index contributed by atoms with van der Waals surface area (Å²) in [7, 11) is 3.69. The third-order valence-corrected chi connectivity index (χ3v) is 3.12. The van der Waals surface area contributed by atoms with Crippen LogP contribution in [0.15, 0.2) is 18.0 Å². The Morgan fingerprint density at radius 2 is 2.41 bits per heavy atom. The largest absolute Gasteiger partial charge is 0.338 e. The molecular weight excluding hydrogens is 216 g/mol. The van der Waals surface area contributed by atoms with E-state index in [4.69, 9.17) is 0 Å². The van der Waals surface area contributed by atoms with E-state index in [0.29, 0.717) is 13.0 Å². The van der Waals surface area contributed by atoms with Crippen LogP contribution >= 0.6 is 0 Å². The average molecular weight is 234 g/mol. The van der Waals surface area contributed by atoms with Crippen molar-refractivity contribution in [3.8, 4) is 0 Å². The number of hydrogen-bond acceptors (Lipinski definition) is 3. The smallest absolute Gasteiger partial charge is 0.226 e. The van der Waals surface area contributed by atoms with Crippen molar-refractivity contribution in [2.75, 3.05) is 7.05 Å². The van der Waals surface area contributed by atoms with Gasteiger partial charge in [-0.2, -0.15) is 0 Å². The lowest BCUT2D eigenvalue weighted by atomic mass is 10.1. The van der Waals surface area contributed by atoms with Crippen LogP contribution in [0.2, 0.25) is 0 Å². The van der Waals surface area contributed by atoms with Gasteiger partial charge in [0.1, 0.15) is 6.33 Å². The number of hydrogen-bond donors (Lipinski definition) is 0. The summed E-state index contributed by atoms with van der Waals surface area (Å²) in [6.45, 7) is 0.516. The Balaban J connectivity index is 1.89. The highest BCUT2D eigenvalue weighted by Crippen LogP contribution is 2.21. The molecule has 0 fully saturated rings. The molecular formula is C12H18N4O. The summed E-state index contributed by atoms with van der Waals surface area (Å²) in [5.41, 5.74) is 1.28. The Kier molecular flexibility index (Phi) is 3.56. The maximum atomic E-state index is 12.0. The molecule has 1 aromatic rings. The Morgan fingerprint density at radius 3 is 3.00 bits per heavy atom. The molecule has 1 aliphatic carbocycles. The zero-order chi connectivity index (χ0) is 12.3. The molecule has 0 saturated heterocycles. The molecule has 92 valence electrons. The van der Waals surface area contributed by atoms with Crippen LogP contribution in [0.5, 0.6) is 0 Å². The van der Waals surface area contributed by atoms with Gasteiger partial charge in [0.2, 0.25) is 5.91 Å². The highest BCUT2D eigenvalue weighted by atomic mass is 16.2. The van der Waals surface area contributed by atoms with E-state index in [0.717, 1.165) is 18.7 Å². The SMILES string of the molecule is CN(Cc1nncn1C)C(=O)CC1=CCCC1. The summed E-state index contributed by atoms with van der Waals surface area (Å²) in [6.07, 6.45) is 7.77. The first-order valence-corrected chi connectivity index (χ1v) is 5.91.